The van der Waals surface area contributed by atoms with Crippen LogP contribution in [0, 0.1) is 0 Å². The Kier molecular flexibility index (Phi) is 5.96. The zero-order valence-corrected chi connectivity index (χ0v) is 15.8. The Morgan fingerprint density at radius 2 is 1.88 bits per heavy atom. The summed E-state index contributed by atoms with van der Waals surface area (Å²) in [5.41, 5.74) is 7.22. The molecular formula is C20H23N5S. The summed E-state index contributed by atoms with van der Waals surface area (Å²) in [4.78, 5) is 0. The van der Waals surface area contributed by atoms with Gasteiger partial charge in [0.05, 0.1) is 17.6 Å². The summed E-state index contributed by atoms with van der Waals surface area (Å²) in [5, 5.41) is 14.5. The van der Waals surface area contributed by atoms with Gasteiger partial charge in [-0.15, -0.1) is 0 Å². The lowest BCUT2D eigenvalue weighted by molar-refractivity contribution is 0.720. The first kappa shape index (κ1) is 18.1. The zero-order valence-electron chi connectivity index (χ0n) is 15.0. The van der Waals surface area contributed by atoms with E-state index in [0.717, 1.165) is 29.9 Å². The number of nitrogens with one attached hydrogen (secondary N) is 2. The van der Waals surface area contributed by atoms with E-state index in [1.165, 1.54) is 5.56 Å². The number of nitrogens with zero attached hydrogens (tertiary/aromatic N) is 3. The molecule has 1 aliphatic heterocycles. The van der Waals surface area contributed by atoms with Crippen molar-refractivity contribution in [3.8, 4) is 0 Å². The summed E-state index contributed by atoms with van der Waals surface area (Å²) >= 11 is 5.13. The van der Waals surface area contributed by atoms with Crippen molar-refractivity contribution in [2.75, 3.05) is 11.6 Å². The van der Waals surface area contributed by atoms with Gasteiger partial charge in [0.1, 0.15) is 0 Å². The van der Waals surface area contributed by atoms with Crippen LogP contribution in [-0.4, -0.2) is 29.6 Å². The molecule has 0 atom stereocenters. The summed E-state index contributed by atoms with van der Waals surface area (Å²) in [6.07, 6.45) is 2.71. The molecule has 0 bridgehead atoms. The maximum absolute atomic E-state index is 5.13. The van der Waals surface area contributed by atoms with Crippen LogP contribution >= 0.6 is 12.2 Å². The van der Waals surface area contributed by atoms with Crippen LogP contribution in [0.5, 0.6) is 0 Å². The highest BCUT2D eigenvalue weighted by atomic mass is 32.1. The lowest BCUT2D eigenvalue weighted by Crippen LogP contribution is -2.36. The maximum atomic E-state index is 5.13. The minimum absolute atomic E-state index is 0.284. The zero-order chi connectivity index (χ0) is 18.4. The van der Waals surface area contributed by atoms with Gasteiger partial charge in [0.25, 0.3) is 0 Å². The van der Waals surface area contributed by atoms with Gasteiger partial charge in [0.2, 0.25) is 0 Å². The molecule has 26 heavy (non-hydrogen) atoms. The molecule has 1 aliphatic rings. The third kappa shape index (κ3) is 4.89. The summed E-state index contributed by atoms with van der Waals surface area (Å²) in [7, 11) is 0. The lowest BCUT2D eigenvalue weighted by atomic mass is 10.1. The molecule has 0 aromatic heterocycles. The third-order valence-corrected chi connectivity index (χ3v) is 4.11. The summed E-state index contributed by atoms with van der Waals surface area (Å²) in [6, 6.07) is 18.8. The van der Waals surface area contributed by atoms with E-state index >= 15 is 0 Å². The predicted molar refractivity (Wildman–Crippen MR) is 113 cm³/mol. The van der Waals surface area contributed by atoms with Crippen molar-refractivity contribution < 1.29 is 0 Å². The second-order valence-electron chi connectivity index (χ2n) is 6.38. The summed E-state index contributed by atoms with van der Waals surface area (Å²) in [6.45, 7) is 4.95. The van der Waals surface area contributed by atoms with Crippen molar-refractivity contribution in [1.29, 1.82) is 0 Å². The average molecular weight is 366 g/mol. The van der Waals surface area contributed by atoms with Crippen molar-refractivity contribution in [2.24, 2.45) is 10.2 Å². The Bertz CT molecular complexity index is 797. The fourth-order valence-corrected chi connectivity index (χ4v) is 2.96. The highest BCUT2D eigenvalue weighted by molar-refractivity contribution is 7.80. The first-order chi connectivity index (χ1) is 12.6. The van der Waals surface area contributed by atoms with Gasteiger partial charge in [-0.05, 0) is 49.3 Å². The molecule has 0 spiro atoms. The molecule has 5 nitrogen and oxygen atoms in total. The number of hydrazone groups is 2. The van der Waals surface area contributed by atoms with Crippen molar-refractivity contribution in [2.45, 2.75) is 26.3 Å². The van der Waals surface area contributed by atoms with E-state index in [1.807, 2.05) is 49.2 Å². The summed E-state index contributed by atoms with van der Waals surface area (Å²) in [5.74, 6) is 0. The third-order valence-electron chi connectivity index (χ3n) is 3.90. The Labute approximate surface area is 159 Å². The molecule has 0 aliphatic carbocycles. The van der Waals surface area contributed by atoms with Crippen LogP contribution in [0.25, 0.3) is 0 Å². The molecule has 2 N–H and O–H groups in total. The second kappa shape index (κ2) is 8.58. The first-order valence-corrected chi connectivity index (χ1v) is 9.13. The van der Waals surface area contributed by atoms with Crippen LogP contribution in [0.1, 0.15) is 31.4 Å². The van der Waals surface area contributed by atoms with Crippen molar-refractivity contribution in [3.05, 3.63) is 65.7 Å². The largest absolute Gasteiger partial charge is 0.359 e. The fourth-order valence-electron chi connectivity index (χ4n) is 2.67. The van der Waals surface area contributed by atoms with Gasteiger partial charge in [0, 0.05) is 19.0 Å². The van der Waals surface area contributed by atoms with Crippen LogP contribution in [-0.2, 0) is 0 Å². The SMILES string of the molecule is CC(C)NC(=S)N/N=C\c1ccc(N2CCC(c3ccccc3)=N2)cc1. The Hall–Kier alpha value is -2.73. The van der Waals surface area contributed by atoms with Gasteiger partial charge in [-0.3, -0.25) is 10.4 Å². The van der Waals surface area contributed by atoms with Crippen LogP contribution in [0.4, 0.5) is 5.69 Å². The number of rotatable bonds is 5. The van der Waals surface area contributed by atoms with E-state index in [-0.39, 0.29) is 6.04 Å². The molecule has 0 saturated carbocycles. The van der Waals surface area contributed by atoms with E-state index in [9.17, 15) is 0 Å². The van der Waals surface area contributed by atoms with Gasteiger partial charge >= 0.3 is 0 Å². The number of anilines is 1. The molecule has 0 unspecified atom stereocenters. The topological polar surface area (TPSA) is 52.0 Å². The molecule has 134 valence electrons. The molecule has 3 rings (SSSR count). The van der Waals surface area contributed by atoms with Crippen LogP contribution in [0.3, 0.4) is 0 Å². The van der Waals surface area contributed by atoms with E-state index in [2.05, 4.69) is 40.1 Å². The molecule has 1 heterocycles. The minimum atomic E-state index is 0.284. The molecular weight excluding hydrogens is 342 g/mol. The first-order valence-electron chi connectivity index (χ1n) is 8.72. The number of hydrogen-bond acceptors (Lipinski definition) is 4. The van der Waals surface area contributed by atoms with Gasteiger partial charge in [0.15, 0.2) is 5.11 Å². The molecule has 6 heteroatoms. The monoisotopic (exact) mass is 365 g/mol. The number of benzene rings is 2. The molecule has 0 radical (unpaired) electrons. The maximum Gasteiger partial charge on any atom is 0.187 e. The van der Waals surface area contributed by atoms with E-state index < -0.39 is 0 Å². The Morgan fingerprint density at radius 1 is 1.15 bits per heavy atom. The van der Waals surface area contributed by atoms with Gasteiger partial charge in [-0.1, -0.05) is 42.5 Å². The normalized spacial score (nSPS) is 14.0. The smallest absolute Gasteiger partial charge is 0.187 e. The summed E-state index contributed by atoms with van der Waals surface area (Å²) < 4.78 is 0. The standard InChI is InChI=1S/C20H23N5S/c1-15(2)22-20(26)23-21-14-16-8-10-18(11-9-16)25-13-12-19(24-25)17-6-4-3-5-7-17/h3-11,14-15H,12-13H2,1-2H3,(H2,22,23,26)/b21-14-. The lowest BCUT2D eigenvalue weighted by Gasteiger charge is -2.13. The molecule has 2 aromatic rings. The fraction of sp³-hybridized carbons (Fsp3) is 0.250. The Balaban J connectivity index is 1.60. The molecule has 0 fully saturated rings. The van der Waals surface area contributed by atoms with Crippen molar-refractivity contribution >= 4 is 34.9 Å². The van der Waals surface area contributed by atoms with Gasteiger partial charge in [-0.25, -0.2) is 0 Å². The van der Waals surface area contributed by atoms with Crippen molar-refractivity contribution in [3.63, 3.8) is 0 Å². The number of hydrogen-bond donors (Lipinski definition) is 2. The van der Waals surface area contributed by atoms with Crippen LogP contribution in [0.2, 0.25) is 0 Å². The van der Waals surface area contributed by atoms with Crippen LogP contribution in [0.15, 0.2) is 64.8 Å². The molecule has 0 amide bonds. The molecule has 2 aromatic carbocycles. The van der Waals surface area contributed by atoms with E-state index in [0.29, 0.717) is 5.11 Å². The highest BCUT2D eigenvalue weighted by Gasteiger charge is 2.16. The highest BCUT2D eigenvalue weighted by Crippen LogP contribution is 2.21. The van der Waals surface area contributed by atoms with Gasteiger partial charge < -0.3 is 5.32 Å². The Morgan fingerprint density at radius 3 is 2.58 bits per heavy atom. The predicted octanol–water partition coefficient (Wildman–Crippen LogP) is 3.51. The quantitative estimate of drug-likeness (QED) is 0.484. The van der Waals surface area contributed by atoms with E-state index in [1.54, 1.807) is 6.21 Å². The van der Waals surface area contributed by atoms with Gasteiger partial charge in [-0.2, -0.15) is 10.2 Å². The minimum Gasteiger partial charge on any atom is -0.359 e. The second-order valence-corrected chi connectivity index (χ2v) is 6.78. The van der Waals surface area contributed by atoms with Crippen LogP contribution < -0.4 is 15.8 Å². The molecule has 0 saturated heterocycles. The number of thiocarbonyl (C=S) groups is 1. The average Bonchev–Trinajstić information content (AvgIpc) is 3.12. The van der Waals surface area contributed by atoms with Crippen molar-refractivity contribution in [1.82, 2.24) is 10.7 Å². The van der Waals surface area contributed by atoms with E-state index in [4.69, 9.17) is 17.3 Å².